The van der Waals surface area contributed by atoms with Gasteiger partial charge < -0.3 is 4.55 Å². The SMILES string of the molecule is CS(=O)(=O)[O-].[Ca+2]. The third kappa shape index (κ3) is 65.7. The molecule has 0 bridgehead atoms. The topological polar surface area (TPSA) is 57.2 Å². The maximum atomic E-state index is 9.08. The summed E-state index contributed by atoms with van der Waals surface area (Å²) in [4.78, 5) is 0. The minimum absolute atomic E-state index is 0. The van der Waals surface area contributed by atoms with E-state index in [1.807, 2.05) is 0 Å². The molecule has 0 aliphatic rings. The van der Waals surface area contributed by atoms with Gasteiger partial charge in [0.2, 0.25) is 0 Å². The molecule has 0 aromatic carbocycles. The van der Waals surface area contributed by atoms with Crippen LogP contribution in [0.1, 0.15) is 0 Å². The van der Waals surface area contributed by atoms with Crippen LogP contribution in [0.5, 0.6) is 0 Å². The first-order valence-corrected chi connectivity index (χ1v) is 2.72. The van der Waals surface area contributed by atoms with E-state index in [1.54, 1.807) is 0 Å². The van der Waals surface area contributed by atoms with Gasteiger partial charge in [0.15, 0.2) is 0 Å². The molecular weight excluding hydrogens is 132 g/mol. The monoisotopic (exact) mass is 135 g/mol. The van der Waals surface area contributed by atoms with Crippen molar-refractivity contribution in [3.8, 4) is 0 Å². The maximum Gasteiger partial charge on any atom is 2.00 e. The van der Waals surface area contributed by atoms with Gasteiger partial charge in [0.1, 0.15) is 0 Å². The van der Waals surface area contributed by atoms with E-state index in [4.69, 9.17) is 13.0 Å². The largest absolute Gasteiger partial charge is 2.00 e. The van der Waals surface area contributed by atoms with Gasteiger partial charge in [-0.15, -0.1) is 0 Å². The second-order valence-corrected chi connectivity index (χ2v) is 2.11. The van der Waals surface area contributed by atoms with Crippen LogP contribution in [-0.4, -0.2) is 57.0 Å². The van der Waals surface area contributed by atoms with Crippen molar-refractivity contribution in [2.75, 3.05) is 6.26 Å². The predicted molar refractivity (Wildman–Crippen MR) is 21.4 cm³/mol. The van der Waals surface area contributed by atoms with Crippen molar-refractivity contribution in [1.29, 1.82) is 0 Å². The van der Waals surface area contributed by atoms with Gasteiger partial charge >= 0.3 is 37.7 Å². The Kier molecular flexibility index (Phi) is 5.46. The molecule has 0 saturated carbocycles. The molecule has 0 N–H and O–H groups in total. The Labute approximate surface area is 66.5 Å². The Morgan fingerprint density at radius 3 is 1.50 bits per heavy atom. The fourth-order valence-corrected chi connectivity index (χ4v) is 0. The van der Waals surface area contributed by atoms with Gasteiger partial charge in [0, 0.05) is 6.26 Å². The molecule has 0 aromatic rings. The smallest absolute Gasteiger partial charge is 0.748 e. The van der Waals surface area contributed by atoms with Gasteiger partial charge in [0.05, 0.1) is 10.1 Å². The standard InChI is InChI=1S/CH4O3S.Ca/c1-5(2,3)4;/h1H3,(H,2,3,4);/q;+2/p-1. The number of hydrogen-bond acceptors (Lipinski definition) is 3. The van der Waals surface area contributed by atoms with Crippen LogP contribution in [0, 0.1) is 0 Å². The predicted octanol–water partition coefficient (Wildman–Crippen LogP) is -1.22. The van der Waals surface area contributed by atoms with Gasteiger partial charge in [-0.2, -0.15) is 0 Å². The molecule has 0 fully saturated rings. The number of hydrogen-bond donors (Lipinski definition) is 0. The Morgan fingerprint density at radius 1 is 1.50 bits per heavy atom. The van der Waals surface area contributed by atoms with Crippen molar-refractivity contribution in [2.45, 2.75) is 0 Å². The van der Waals surface area contributed by atoms with Crippen LogP contribution >= 0.6 is 0 Å². The van der Waals surface area contributed by atoms with Crippen molar-refractivity contribution >= 4 is 47.9 Å². The van der Waals surface area contributed by atoms with Crippen molar-refractivity contribution in [3.05, 3.63) is 0 Å². The average Bonchev–Trinajstić information content (AvgIpc) is 0.722. The first-order valence-electron chi connectivity index (χ1n) is 0.908. The zero-order chi connectivity index (χ0) is 4.50. The summed E-state index contributed by atoms with van der Waals surface area (Å²) < 4.78 is 27.2. The number of rotatable bonds is 0. The molecule has 0 aromatic heterocycles. The molecule has 0 atom stereocenters. The molecule has 5 heteroatoms. The molecular formula is CH3CaO3S+. The molecule has 0 radical (unpaired) electrons. The first kappa shape index (κ1) is 10.2. The van der Waals surface area contributed by atoms with Gasteiger partial charge in [-0.1, -0.05) is 0 Å². The molecule has 0 unspecified atom stereocenters. The van der Waals surface area contributed by atoms with Gasteiger partial charge in [0.25, 0.3) is 0 Å². The third-order valence-corrected chi connectivity index (χ3v) is 0. The minimum Gasteiger partial charge on any atom is -0.748 e. The van der Waals surface area contributed by atoms with Gasteiger partial charge in [-0.3, -0.25) is 0 Å². The summed E-state index contributed by atoms with van der Waals surface area (Å²) >= 11 is 0. The van der Waals surface area contributed by atoms with Crippen LogP contribution in [-0.2, 0) is 10.1 Å². The maximum absolute atomic E-state index is 9.08. The van der Waals surface area contributed by atoms with Gasteiger partial charge in [-0.05, 0) is 0 Å². The van der Waals surface area contributed by atoms with E-state index in [0.29, 0.717) is 6.26 Å². The van der Waals surface area contributed by atoms with E-state index in [1.165, 1.54) is 0 Å². The molecule has 0 aliphatic heterocycles. The summed E-state index contributed by atoms with van der Waals surface area (Å²) in [5.74, 6) is 0. The molecule has 0 aliphatic carbocycles. The van der Waals surface area contributed by atoms with E-state index in [0.717, 1.165) is 0 Å². The minimum atomic E-state index is -3.92. The Hall–Kier alpha value is 1.17. The van der Waals surface area contributed by atoms with Crippen LogP contribution in [0.15, 0.2) is 0 Å². The molecule has 0 saturated heterocycles. The summed E-state index contributed by atoms with van der Waals surface area (Å²) in [7, 11) is -3.92. The molecule has 32 valence electrons. The summed E-state index contributed by atoms with van der Waals surface area (Å²) in [6, 6.07) is 0. The Morgan fingerprint density at radius 2 is 1.50 bits per heavy atom. The van der Waals surface area contributed by atoms with Crippen molar-refractivity contribution in [3.63, 3.8) is 0 Å². The quantitative estimate of drug-likeness (QED) is 0.309. The normalized spacial score (nSPS) is 9.67. The van der Waals surface area contributed by atoms with Crippen LogP contribution in [0.25, 0.3) is 0 Å². The summed E-state index contributed by atoms with van der Waals surface area (Å²) in [5.41, 5.74) is 0. The molecule has 0 heterocycles. The second kappa shape index (κ2) is 3.21. The Balaban J connectivity index is 0. The average molecular weight is 135 g/mol. The van der Waals surface area contributed by atoms with Crippen molar-refractivity contribution in [2.24, 2.45) is 0 Å². The van der Waals surface area contributed by atoms with E-state index < -0.39 is 10.1 Å². The van der Waals surface area contributed by atoms with E-state index in [9.17, 15) is 0 Å². The van der Waals surface area contributed by atoms with Gasteiger partial charge in [-0.25, -0.2) is 8.42 Å². The van der Waals surface area contributed by atoms with Crippen LogP contribution in [0.4, 0.5) is 0 Å². The van der Waals surface area contributed by atoms with E-state index in [2.05, 4.69) is 0 Å². The molecule has 6 heavy (non-hydrogen) atoms. The molecule has 0 rings (SSSR count). The van der Waals surface area contributed by atoms with E-state index in [-0.39, 0.29) is 37.7 Å². The van der Waals surface area contributed by atoms with Crippen molar-refractivity contribution < 1.29 is 13.0 Å². The Bertz CT molecular complexity index is 94.0. The molecule has 3 nitrogen and oxygen atoms in total. The fourth-order valence-electron chi connectivity index (χ4n) is 0. The van der Waals surface area contributed by atoms with E-state index >= 15 is 0 Å². The fraction of sp³-hybridized carbons (Fsp3) is 1.00. The second-order valence-electron chi connectivity index (χ2n) is 0.704. The summed E-state index contributed by atoms with van der Waals surface area (Å²) in [5, 5.41) is 0. The zero-order valence-corrected chi connectivity index (χ0v) is 6.36. The molecule has 0 amide bonds. The first-order chi connectivity index (χ1) is 2.00. The zero-order valence-electron chi connectivity index (χ0n) is 3.34. The molecule has 0 spiro atoms. The van der Waals surface area contributed by atoms with Crippen molar-refractivity contribution in [1.82, 2.24) is 0 Å². The van der Waals surface area contributed by atoms with Crippen LogP contribution in [0.3, 0.4) is 0 Å². The van der Waals surface area contributed by atoms with Crippen LogP contribution in [0.2, 0.25) is 0 Å². The van der Waals surface area contributed by atoms with Crippen LogP contribution < -0.4 is 0 Å². The summed E-state index contributed by atoms with van der Waals surface area (Å²) in [6.07, 6.45) is 0.604. The summed E-state index contributed by atoms with van der Waals surface area (Å²) in [6.45, 7) is 0. The third-order valence-electron chi connectivity index (χ3n) is 0.